The molecule has 1 heterocycles. The topological polar surface area (TPSA) is 79.3 Å². The van der Waals surface area contributed by atoms with E-state index in [-0.39, 0.29) is 11.7 Å². The van der Waals surface area contributed by atoms with E-state index in [9.17, 15) is 14.7 Å². The molecule has 0 saturated carbocycles. The van der Waals surface area contributed by atoms with Gasteiger partial charge in [-0.3, -0.25) is 4.79 Å². The smallest absolute Gasteiger partial charge is 0.327 e. The summed E-state index contributed by atoms with van der Waals surface area (Å²) < 4.78 is 0.785. The zero-order chi connectivity index (χ0) is 16.9. The minimum Gasteiger partial charge on any atom is -0.480 e. The molecule has 1 aromatic carbocycles. The third-order valence-electron chi connectivity index (χ3n) is 3.45. The van der Waals surface area contributed by atoms with Gasteiger partial charge in [-0.1, -0.05) is 42.1 Å². The molecule has 0 aliphatic rings. The lowest BCUT2D eigenvalue weighted by Crippen LogP contribution is -2.49. The normalized spacial score (nSPS) is 12.6. The van der Waals surface area contributed by atoms with Crippen LogP contribution in [0.15, 0.2) is 46.2 Å². The zero-order valence-electron chi connectivity index (χ0n) is 12.9. The Kier molecular flexibility index (Phi) is 5.79. The zero-order valence-corrected chi connectivity index (χ0v) is 14.5. The van der Waals surface area contributed by atoms with Gasteiger partial charge in [0.15, 0.2) is 0 Å². The molecule has 2 rings (SSSR count). The summed E-state index contributed by atoms with van der Waals surface area (Å²) >= 11 is 2.77. The number of thioether (sulfide) groups is 1. The maximum absolute atomic E-state index is 12.5. The van der Waals surface area contributed by atoms with E-state index in [0.717, 1.165) is 9.90 Å². The van der Waals surface area contributed by atoms with E-state index in [1.165, 1.54) is 23.1 Å². The molecule has 0 aliphatic heterocycles. The Morgan fingerprint density at radius 2 is 2.04 bits per heavy atom. The molecule has 0 spiro atoms. The molecule has 0 bridgehead atoms. The molecule has 5 nitrogen and oxygen atoms in total. The maximum atomic E-state index is 12.5. The summed E-state index contributed by atoms with van der Waals surface area (Å²) in [5, 5.41) is 13.8. The molecule has 1 atom stereocenters. The second kappa shape index (κ2) is 7.61. The van der Waals surface area contributed by atoms with E-state index >= 15 is 0 Å². The summed E-state index contributed by atoms with van der Waals surface area (Å²) in [5.41, 5.74) is 0.0371. The molecule has 0 aliphatic carbocycles. The van der Waals surface area contributed by atoms with E-state index in [0.29, 0.717) is 0 Å². The molecule has 0 unspecified atom stereocenters. The first-order chi connectivity index (χ1) is 10.9. The van der Waals surface area contributed by atoms with E-state index in [1.807, 2.05) is 35.7 Å². The Hall–Kier alpha value is -1.86. The minimum absolute atomic E-state index is 0.236. The molecule has 7 heteroatoms. The highest BCUT2D eigenvalue weighted by molar-refractivity contribution is 8.01. The number of carbonyl (C=O) groups is 2. The fraction of sp³-hybridized carbons (Fsp3) is 0.312. The van der Waals surface area contributed by atoms with E-state index in [2.05, 4.69) is 10.3 Å². The number of carboxylic acids is 1. The first kappa shape index (κ1) is 17.5. The van der Waals surface area contributed by atoms with Crippen molar-refractivity contribution in [2.75, 3.05) is 5.75 Å². The number of carboxylic acid groups (broad SMARTS) is 1. The van der Waals surface area contributed by atoms with Crippen LogP contribution in [0.4, 0.5) is 0 Å². The van der Waals surface area contributed by atoms with Crippen molar-refractivity contribution in [2.24, 2.45) is 0 Å². The summed E-state index contributed by atoms with van der Waals surface area (Å²) in [4.78, 5) is 28.1. The number of aromatic nitrogens is 1. The Morgan fingerprint density at radius 3 is 2.61 bits per heavy atom. The van der Waals surface area contributed by atoms with Gasteiger partial charge in [-0.15, -0.1) is 11.3 Å². The largest absolute Gasteiger partial charge is 0.480 e. The van der Waals surface area contributed by atoms with Crippen molar-refractivity contribution in [1.82, 2.24) is 10.3 Å². The molecular formula is C16H18N2O3S2. The molecule has 0 radical (unpaired) electrons. The summed E-state index contributed by atoms with van der Waals surface area (Å²) in [7, 11) is 0. The number of rotatable bonds is 7. The first-order valence-electron chi connectivity index (χ1n) is 7.03. The Bertz CT molecular complexity index is 657. The highest BCUT2D eigenvalue weighted by Crippen LogP contribution is 2.24. The number of benzene rings is 1. The highest BCUT2D eigenvalue weighted by atomic mass is 32.2. The van der Waals surface area contributed by atoms with Crippen molar-refractivity contribution >= 4 is 35.0 Å². The van der Waals surface area contributed by atoms with Crippen molar-refractivity contribution in [2.45, 2.75) is 29.6 Å². The molecule has 0 fully saturated rings. The molecule has 2 N–H and O–H groups in total. The predicted molar refractivity (Wildman–Crippen MR) is 91.9 cm³/mol. The molecule has 1 aromatic heterocycles. The van der Waals surface area contributed by atoms with E-state index in [4.69, 9.17) is 0 Å². The Labute approximate surface area is 143 Å². The molecule has 1 amide bonds. The van der Waals surface area contributed by atoms with Crippen LogP contribution >= 0.6 is 23.1 Å². The van der Waals surface area contributed by atoms with Crippen molar-refractivity contribution < 1.29 is 14.7 Å². The standard InChI is InChI=1S/C16H18N2O3S2/c1-16(2,11-6-4-3-5-7-11)14(21)18-12(13(19)20)10-23-15-17-8-9-22-15/h3-9,12H,10H2,1-2H3,(H,18,21)(H,19,20)/t12-/m0/s1. The van der Waals surface area contributed by atoms with Crippen LogP contribution < -0.4 is 5.32 Å². The van der Waals surface area contributed by atoms with Crippen LogP contribution in [0.1, 0.15) is 19.4 Å². The van der Waals surface area contributed by atoms with Crippen molar-refractivity contribution in [1.29, 1.82) is 0 Å². The summed E-state index contributed by atoms with van der Waals surface area (Å²) in [6.45, 7) is 3.56. The third kappa shape index (κ3) is 4.56. The fourth-order valence-corrected chi connectivity index (χ4v) is 3.61. The fourth-order valence-electron chi connectivity index (χ4n) is 1.94. The summed E-state index contributed by atoms with van der Waals surface area (Å²) in [6.07, 6.45) is 1.67. The number of amides is 1. The lowest BCUT2D eigenvalue weighted by molar-refractivity contribution is -0.141. The van der Waals surface area contributed by atoms with Crippen LogP contribution in [-0.2, 0) is 15.0 Å². The highest BCUT2D eigenvalue weighted by Gasteiger charge is 2.32. The lowest BCUT2D eigenvalue weighted by atomic mass is 9.83. The summed E-state index contributed by atoms with van der Waals surface area (Å²) in [6, 6.07) is 8.36. The number of hydrogen-bond donors (Lipinski definition) is 2. The van der Waals surface area contributed by atoms with E-state index < -0.39 is 17.4 Å². The van der Waals surface area contributed by atoms with Gasteiger partial charge in [-0.05, 0) is 19.4 Å². The molecule has 122 valence electrons. The van der Waals surface area contributed by atoms with E-state index in [1.54, 1.807) is 20.0 Å². The van der Waals surface area contributed by atoms with Crippen LogP contribution in [0.2, 0.25) is 0 Å². The quantitative estimate of drug-likeness (QED) is 0.751. The maximum Gasteiger partial charge on any atom is 0.327 e. The monoisotopic (exact) mass is 350 g/mol. The van der Waals surface area contributed by atoms with Gasteiger partial charge in [-0.2, -0.15) is 0 Å². The van der Waals surface area contributed by atoms with Crippen LogP contribution in [0, 0.1) is 0 Å². The van der Waals surface area contributed by atoms with Gasteiger partial charge in [0, 0.05) is 17.3 Å². The second-order valence-corrected chi connectivity index (χ2v) is 7.63. The number of thiazole rings is 1. The number of hydrogen-bond acceptors (Lipinski definition) is 5. The minimum atomic E-state index is -1.05. The lowest BCUT2D eigenvalue weighted by Gasteiger charge is -2.26. The van der Waals surface area contributed by atoms with Crippen LogP contribution in [0.3, 0.4) is 0 Å². The number of aliphatic carboxylic acids is 1. The molecular weight excluding hydrogens is 332 g/mol. The SMILES string of the molecule is CC(C)(C(=O)N[C@@H](CSc1nccs1)C(=O)O)c1ccccc1. The Morgan fingerprint density at radius 1 is 1.35 bits per heavy atom. The van der Waals surface area contributed by atoms with Crippen molar-refractivity contribution in [3.05, 3.63) is 47.5 Å². The van der Waals surface area contributed by atoms with Crippen LogP contribution in [0.5, 0.6) is 0 Å². The van der Waals surface area contributed by atoms with Gasteiger partial charge in [0.05, 0.1) is 5.41 Å². The molecule has 0 saturated heterocycles. The molecule has 23 heavy (non-hydrogen) atoms. The first-order valence-corrected chi connectivity index (χ1v) is 8.89. The number of nitrogens with one attached hydrogen (secondary N) is 1. The van der Waals surface area contributed by atoms with Gasteiger partial charge < -0.3 is 10.4 Å². The van der Waals surface area contributed by atoms with Crippen molar-refractivity contribution in [3.63, 3.8) is 0 Å². The summed E-state index contributed by atoms with van der Waals surface area (Å²) in [5.74, 6) is -1.12. The van der Waals surface area contributed by atoms with Gasteiger partial charge in [0.2, 0.25) is 5.91 Å². The average molecular weight is 350 g/mol. The van der Waals surface area contributed by atoms with Crippen molar-refractivity contribution in [3.8, 4) is 0 Å². The van der Waals surface area contributed by atoms with Gasteiger partial charge >= 0.3 is 5.97 Å². The third-order valence-corrected chi connectivity index (χ3v) is 5.51. The molecule has 2 aromatic rings. The second-order valence-electron chi connectivity index (χ2n) is 5.46. The van der Waals surface area contributed by atoms with Crippen LogP contribution in [0.25, 0.3) is 0 Å². The van der Waals surface area contributed by atoms with Crippen LogP contribution in [-0.4, -0.2) is 33.8 Å². The Balaban J connectivity index is 2.04. The average Bonchev–Trinajstić information content (AvgIpc) is 3.05. The van der Waals surface area contributed by atoms with Gasteiger partial charge in [0.25, 0.3) is 0 Å². The number of nitrogens with zero attached hydrogens (tertiary/aromatic N) is 1. The number of carbonyl (C=O) groups excluding carboxylic acids is 1. The van der Waals surface area contributed by atoms with Gasteiger partial charge in [0.1, 0.15) is 10.4 Å². The van der Waals surface area contributed by atoms with Gasteiger partial charge in [-0.25, -0.2) is 9.78 Å². The predicted octanol–water partition coefficient (Wildman–Crippen LogP) is 2.78.